The molecule has 0 atom stereocenters. The first-order valence-corrected chi connectivity index (χ1v) is 4.09. The van der Waals surface area contributed by atoms with Gasteiger partial charge < -0.3 is 10.3 Å². The summed E-state index contributed by atoms with van der Waals surface area (Å²) in [6, 6.07) is 2.12. The molecule has 2 N–H and O–H groups in total. The normalized spacial score (nSPS) is 10.2. The van der Waals surface area contributed by atoms with Crippen LogP contribution in [0.5, 0.6) is 0 Å². The number of rotatable bonds is 3. The van der Waals surface area contributed by atoms with E-state index in [-0.39, 0.29) is 11.9 Å². The van der Waals surface area contributed by atoms with E-state index >= 15 is 0 Å². The van der Waals surface area contributed by atoms with E-state index in [1.165, 1.54) is 0 Å². The molecule has 0 radical (unpaired) electrons. The Morgan fingerprint density at radius 3 is 2.92 bits per heavy atom. The number of carbonyl (C=O) groups excluding carboxylic acids is 1. The van der Waals surface area contributed by atoms with E-state index in [0.29, 0.717) is 6.42 Å². The van der Waals surface area contributed by atoms with Gasteiger partial charge in [0.1, 0.15) is 0 Å². The van der Waals surface area contributed by atoms with Crippen molar-refractivity contribution in [2.24, 2.45) is 0 Å². The van der Waals surface area contributed by atoms with E-state index in [0.717, 1.165) is 5.56 Å². The third kappa shape index (κ3) is 2.78. The van der Waals surface area contributed by atoms with Gasteiger partial charge in [-0.2, -0.15) is 0 Å². The highest BCUT2D eigenvalue weighted by Gasteiger charge is 2.03. The van der Waals surface area contributed by atoms with Crippen LogP contribution in [0.2, 0.25) is 0 Å². The van der Waals surface area contributed by atoms with Crippen LogP contribution in [-0.4, -0.2) is 16.9 Å². The number of hydrogen-bond donors (Lipinski definition) is 2. The molecule has 1 rings (SSSR count). The number of carbonyl (C=O) groups is 1. The Kier molecular flexibility index (Phi) is 2.91. The molecule has 66 valence electrons. The molecule has 3 heteroatoms. The lowest BCUT2D eigenvalue weighted by Crippen LogP contribution is -2.31. The Hall–Kier alpha value is -1.25. The minimum atomic E-state index is 0.0737. The summed E-state index contributed by atoms with van der Waals surface area (Å²) in [5.74, 6) is 0.0737. The van der Waals surface area contributed by atoms with Crippen molar-refractivity contribution in [3.8, 4) is 0 Å². The first-order chi connectivity index (χ1) is 5.68. The molecule has 0 saturated carbocycles. The zero-order valence-corrected chi connectivity index (χ0v) is 7.42. The van der Waals surface area contributed by atoms with Gasteiger partial charge in [-0.05, 0) is 25.5 Å². The summed E-state index contributed by atoms with van der Waals surface area (Å²) in [6.07, 6.45) is 4.11. The van der Waals surface area contributed by atoms with Crippen LogP contribution in [0.4, 0.5) is 0 Å². The summed E-state index contributed by atoms with van der Waals surface area (Å²) in [5.41, 5.74) is 1.02. The minimum absolute atomic E-state index is 0.0737. The standard InChI is InChI=1S/C9H14N2O/c1-7(2)11-9(12)5-8-3-4-10-6-8/h3-4,6-7,10H,5H2,1-2H3,(H,11,12). The molecule has 1 amide bonds. The Morgan fingerprint density at radius 1 is 1.67 bits per heavy atom. The van der Waals surface area contributed by atoms with E-state index in [9.17, 15) is 4.79 Å². The van der Waals surface area contributed by atoms with Crippen LogP contribution in [0.3, 0.4) is 0 Å². The largest absolute Gasteiger partial charge is 0.367 e. The molecular weight excluding hydrogens is 152 g/mol. The first-order valence-electron chi connectivity index (χ1n) is 4.09. The summed E-state index contributed by atoms with van der Waals surface area (Å²) in [5, 5.41) is 2.83. The smallest absolute Gasteiger partial charge is 0.224 e. The molecule has 3 nitrogen and oxygen atoms in total. The average molecular weight is 166 g/mol. The van der Waals surface area contributed by atoms with Gasteiger partial charge in [-0.25, -0.2) is 0 Å². The maximum atomic E-state index is 11.2. The van der Waals surface area contributed by atoms with Gasteiger partial charge in [-0.3, -0.25) is 4.79 Å². The summed E-state index contributed by atoms with van der Waals surface area (Å²) < 4.78 is 0. The number of amides is 1. The van der Waals surface area contributed by atoms with E-state index < -0.39 is 0 Å². The lowest BCUT2D eigenvalue weighted by atomic mass is 10.2. The molecule has 0 bridgehead atoms. The fourth-order valence-electron chi connectivity index (χ4n) is 1.03. The van der Waals surface area contributed by atoms with Gasteiger partial charge >= 0.3 is 0 Å². The Bertz CT molecular complexity index is 239. The number of hydrogen-bond acceptors (Lipinski definition) is 1. The van der Waals surface area contributed by atoms with Gasteiger partial charge in [-0.1, -0.05) is 0 Å². The molecule has 0 spiro atoms. The third-order valence-electron chi connectivity index (χ3n) is 1.48. The molecule has 1 heterocycles. The SMILES string of the molecule is CC(C)NC(=O)Cc1cc[nH]c1. The van der Waals surface area contributed by atoms with Crippen molar-refractivity contribution < 1.29 is 4.79 Å². The third-order valence-corrected chi connectivity index (χ3v) is 1.48. The lowest BCUT2D eigenvalue weighted by molar-refractivity contribution is -0.120. The predicted octanol–water partition coefficient (Wildman–Crippen LogP) is 1.08. The van der Waals surface area contributed by atoms with Crippen molar-refractivity contribution in [3.63, 3.8) is 0 Å². The van der Waals surface area contributed by atoms with Gasteiger partial charge in [0.05, 0.1) is 6.42 Å². The van der Waals surface area contributed by atoms with Crippen molar-refractivity contribution >= 4 is 5.91 Å². The summed E-state index contributed by atoms with van der Waals surface area (Å²) in [6.45, 7) is 3.91. The molecule has 1 aromatic rings. The molecule has 0 aliphatic carbocycles. The Labute approximate surface area is 72.2 Å². The van der Waals surface area contributed by atoms with E-state index in [1.807, 2.05) is 32.3 Å². The van der Waals surface area contributed by atoms with Gasteiger partial charge in [-0.15, -0.1) is 0 Å². The summed E-state index contributed by atoms with van der Waals surface area (Å²) in [4.78, 5) is 14.1. The second-order valence-electron chi connectivity index (χ2n) is 3.12. The van der Waals surface area contributed by atoms with Crippen LogP contribution in [0.1, 0.15) is 19.4 Å². The number of aromatic nitrogens is 1. The Balaban J connectivity index is 2.37. The van der Waals surface area contributed by atoms with Gasteiger partial charge in [0, 0.05) is 18.4 Å². The lowest BCUT2D eigenvalue weighted by Gasteiger charge is -2.06. The Morgan fingerprint density at radius 2 is 2.42 bits per heavy atom. The van der Waals surface area contributed by atoms with Gasteiger partial charge in [0.15, 0.2) is 0 Å². The highest BCUT2D eigenvalue weighted by atomic mass is 16.1. The molecule has 0 fully saturated rings. The van der Waals surface area contributed by atoms with Crippen molar-refractivity contribution in [1.29, 1.82) is 0 Å². The second-order valence-corrected chi connectivity index (χ2v) is 3.12. The first kappa shape index (κ1) is 8.84. The molecule has 0 aromatic carbocycles. The van der Waals surface area contributed by atoms with Gasteiger partial charge in [0.25, 0.3) is 0 Å². The maximum Gasteiger partial charge on any atom is 0.224 e. The second kappa shape index (κ2) is 3.95. The van der Waals surface area contributed by atoms with E-state index in [2.05, 4.69) is 10.3 Å². The molecule has 12 heavy (non-hydrogen) atoms. The molecule has 0 aliphatic rings. The van der Waals surface area contributed by atoms with Gasteiger partial charge in [0.2, 0.25) is 5.91 Å². The number of H-pyrrole nitrogens is 1. The monoisotopic (exact) mass is 166 g/mol. The van der Waals surface area contributed by atoms with E-state index in [4.69, 9.17) is 0 Å². The van der Waals surface area contributed by atoms with Crippen LogP contribution in [0, 0.1) is 0 Å². The fourth-order valence-corrected chi connectivity index (χ4v) is 1.03. The van der Waals surface area contributed by atoms with Crippen LogP contribution < -0.4 is 5.32 Å². The van der Waals surface area contributed by atoms with Crippen molar-refractivity contribution in [2.75, 3.05) is 0 Å². The van der Waals surface area contributed by atoms with Crippen molar-refractivity contribution in [1.82, 2.24) is 10.3 Å². The van der Waals surface area contributed by atoms with Crippen molar-refractivity contribution in [2.45, 2.75) is 26.3 Å². The summed E-state index contributed by atoms with van der Waals surface area (Å²) >= 11 is 0. The maximum absolute atomic E-state index is 11.2. The minimum Gasteiger partial charge on any atom is -0.367 e. The molecule has 0 aliphatic heterocycles. The zero-order chi connectivity index (χ0) is 8.97. The topological polar surface area (TPSA) is 44.9 Å². The summed E-state index contributed by atoms with van der Waals surface area (Å²) in [7, 11) is 0. The predicted molar refractivity (Wildman–Crippen MR) is 47.8 cm³/mol. The van der Waals surface area contributed by atoms with Crippen LogP contribution in [0.25, 0.3) is 0 Å². The quantitative estimate of drug-likeness (QED) is 0.693. The molecular formula is C9H14N2O. The number of aromatic amines is 1. The molecule has 0 unspecified atom stereocenters. The fraction of sp³-hybridized carbons (Fsp3) is 0.444. The highest BCUT2D eigenvalue weighted by molar-refractivity contribution is 5.78. The zero-order valence-electron chi connectivity index (χ0n) is 7.42. The average Bonchev–Trinajstić information content (AvgIpc) is 2.37. The number of nitrogens with one attached hydrogen (secondary N) is 2. The molecule has 0 saturated heterocycles. The van der Waals surface area contributed by atoms with Crippen LogP contribution in [-0.2, 0) is 11.2 Å². The van der Waals surface area contributed by atoms with Crippen LogP contribution in [0.15, 0.2) is 18.5 Å². The van der Waals surface area contributed by atoms with E-state index in [1.54, 1.807) is 0 Å². The highest BCUT2D eigenvalue weighted by Crippen LogP contribution is 1.97. The van der Waals surface area contributed by atoms with Crippen LogP contribution >= 0.6 is 0 Å². The van der Waals surface area contributed by atoms with Crippen molar-refractivity contribution in [3.05, 3.63) is 24.0 Å². The molecule has 1 aromatic heterocycles.